The highest BCUT2D eigenvalue weighted by atomic mass is 16.2. The minimum absolute atomic E-state index is 0.105. The molecule has 100 valence electrons. The Morgan fingerprint density at radius 1 is 1.00 bits per heavy atom. The van der Waals surface area contributed by atoms with Crippen LogP contribution in [0.5, 0.6) is 0 Å². The van der Waals surface area contributed by atoms with Crippen molar-refractivity contribution in [2.24, 2.45) is 0 Å². The van der Waals surface area contributed by atoms with E-state index >= 15 is 0 Å². The molecule has 3 rings (SSSR count). The summed E-state index contributed by atoms with van der Waals surface area (Å²) in [5.41, 5.74) is 2.87. The normalized spacial score (nSPS) is 12.5. The molecule has 0 spiro atoms. The fraction of sp³-hybridized carbons (Fsp3) is 0.0667. The minimum Gasteiger partial charge on any atom is -0.348 e. The minimum atomic E-state index is -0.338. The first-order valence-electron chi connectivity index (χ1n) is 6.26. The largest absolute Gasteiger partial charge is 0.348 e. The van der Waals surface area contributed by atoms with Crippen molar-refractivity contribution >= 4 is 23.3 Å². The zero-order valence-corrected chi connectivity index (χ0v) is 10.6. The second-order valence-electron chi connectivity index (χ2n) is 4.50. The molecule has 0 aromatic heterocycles. The molecule has 0 aliphatic carbocycles. The number of para-hydroxylation sites is 1. The number of carbonyl (C=O) groups is 2. The second kappa shape index (κ2) is 5.05. The third-order valence-electron chi connectivity index (χ3n) is 3.08. The average molecular weight is 267 g/mol. The SMILES string of the molecule is O=C(Nc1ccccc1)Nc1ccc2c(c1)C(=O)NC2. The molecule has 1 aliphatic rings. The van der Waals surface area contributed by atoms with Gasteiger partial charge in [-0.1, -0.05) is 24.3 Å². The lowest BCUT2D eigenvalue weighted by Crippen LogP contribution is -2.19. The fourth-order valence-corrected chi connectivity index (χ4v) is 2.11. The van der Waals surface area contributed by atoms with Crippen LogP contribution in [0, 0.1) is 0 Å². The Labute approximate surface area is 116 Å². The van der Waals surface area contributed by atoms with Gasteiger partial charge in [-0.3, -0.25) is 4.79 Å². The van der Waals surface area contributed by atoms with Crippen LogP contribution in [0.4, 0.5) is 16.2 Å². The maximum atomic E-state index is 11.8. The summed E-state index contributed by atoms with van der Waals surface area (Å²) in [6, 6.07) is 14.1. The zero-order chi connectivity index (χ0) is 13.9. The van der Waals surface area contributed by atoms with Gasteiger partial charge in [0.2, 0.25) is 0 Å². The molecular formula is C15H13N3O2. The Morgan fingerprint density at radius 2 is 1.75 bits per heavy atom. The predicted octanol–water partition coefficient (Wildman–Crippen LogP) is 2.57. The van der Waals surface area contributed by atoms with E-state index in [1.54, 1.807) is 24.3 Å². The van der Waals surface area contributed by atoms with Crippen molar-refractivity contribution in [2.45, 2.75) is 6.54 Å². The third-order valence-corrected chi connectivity index (χ3v) is 3.08. The highest BCUT2D eigenvalue weighted by Gasteiger charge is 2.18. The van der Waals surface area contributed by atoms with Gasteiger partial charge in [0.1, 0.15) is 0 Å². The monoisotopic (exact) mass is 267 g/mol. The van der Waals surface area contributed by atoms with Crippen molar-refractivity contribution in [2.75, 3.05) is 10.6 Å². The Balaban J connectivity index is 1.71. The summed E-state index contributed by atoms with van der Waals surface area (Å²) >= 11 is 0. The molecule has 2 aromatic rings. The molecule has 1 heterocycles. The number of carbonyl (C=O) groups excluding carboxylic acids is 2. The number of urea groups is 1. The Bertz CT molecular complexity index is 668. The summed E-state index contributed by atoms with van der Waals surface area (Å²) in [4.78, 5) is 23.4. The molecule has 0 fully saturated rings. The molecular weight excluding hydrogens is 254 g/mol. The van der Waals surface area contributed by atoms with Crippen molar-refractivity contribution in [1.29, 1.82) is 0 Å². The maximum absolute atomic E-state index is 11.8. The molecule has 0 radical (unpaired) electrons. The van der Waals surface area contributed by atoms with E-state index in [0.717, 1.165) is 5.56 Å². The first kappa shape index (κ1) is 12.2. The molecule has 5 heteroatoms. The van der Waals surface area contributed by atoms with Gasteiger partial charge >= 0.3 is 6.03 Å². The zero-order valence-electron chi connectivity index (χ0n) is 10.6. The van der Waals surface area contributed by atoms with Crippen LogP contribution in [0.15, 0.2) is 48.5 Å². The molecule has 3 amide bonds. The summed E-state index contributed by atoms with van der Waals surface area (Å²) < 4.78 is 0. The molecule has 0 bridgehead atoms. The first-order chi connectivity index (χ1) is 9.72. The van der Waals surface area contributed by atoms with E-state index in [-0.39, 0.29) is 11.9 Å². The molecule has 3 N–H and O–H groups in total. The quantitative estimate of drug-likeness (QED) is 0.782. The third kappa shape index (κ3) is 2.47. The molecule has 0 atom stereocenters. The standard InChI is InChI=1S/C15H13N3O2/c19-14-13-8-12(7-6-10(13)9-16-14)18-15(20)17-11-4-2-1-3-5-11/h1-8H,9H2,(H,16,19)(H2,17,18,20). The fourth-order valence-electron chi connectivity index (χ4n) is 2.11. The van der Waals surface area contributed by atoms with E-state index in [1.807, 2.05) is 24.3 Å². The number of benzene rings is 2. The average Bonchev–Trinajstić information content (AvgIpc) is 2.81. The van der Waals surface area contributed by atoms with Gasteiger partial charge in [0.05, 0.1) is 0 Å². The van der Waals surface area contributed by atoms with Crippen molar-refractivity contribution in [3.05, 3.63) is 59.7 Å². The Morgan fingerprint density at radius 3 is 2.55 bits per heavy atom. The maximum Gasteiger partial charge on any atom is 0.323 e. The van der Waals surface area contributed by atoms with Gasteiger partial charge in [0, 0.05) is 23.5 Å². The summed E-state index contributed by atoms with van der Waals surface area (Å²) in [6.45, 7) is 0.546. The number of nitrogens with one attached hydrogen (secondary N) is 3. The van der Waals surface area contributed by atoms with E-state index in [9.17, 15) is 9.59 Å². The molecule has 1 aliphatic heterocycles. The number of amides is 3. The number of anilines is 2. The lowest BCUT2D eigenvalue weighted by Gasteiger charge is -2.08. The smallest absolute Gasteiger partial charge is 0.323 e. The summed E-state index contributed by atoms with van der Waals surface area (Å²) in [5, 5.41) is 8.17. The van der Waals surface area contributed by atoms with Crippen LogP contribution >= 0.6 is 0 Å². The number of fused-ring (bicyclic) bond motifs is 1. The van der Waals surface area contributed by atoms with Crippen LogP contribution in [0.2, 0.25) is 0 Å². The summed E-state index contributed by atoms with van der Waals surface area (Å²) in [7, 11) is 0. The first-order valence-corrected chi connectivity index (χ1v) is 6.26. The molecule has 0 saturated heterocycles. The summed E-state index contributed by atoms with van der Waals surface area (Å²) in [5.74, 6) is -0.105. The summed E-state index contributed by atoms with van der Waals surface area (Å²) in [6.07, 6.45) is 0. The van der Waals surface area contributed by atoms with Crippen molar-refractivity contribution < 1.29 is 9.59 Å². The van der Waals surface area contributed by atoms with E-state index in [0.29, 0.717) is 23.5 Å². The van der Waals surface area contributed by atoms with Crippen LogP contribution in [-0.4, -0.2) is 11.9 Å². The van der Waals surface area contributed by atoms with E-state index in [2.05, 4.69) is 16.0 Å². The van der Waals surface area contributed by atoms with Crippen LogP contribution in [0.1, 0.15) is 15.9 Å². The van der Waals surface area contributed by atoms with E-state index in [1.165, 1.54) is 0 Å². The van der Waals surface area contributed by atoms with Gasteiger partial charge in [0.25, 0.3) is 5.91 Å². The van der Waals surface area contributed by atoms with Gasteiger partial charge in [0.15, 0.2) is 0 Å². The number of hydrogen-bond acceptors (Lipinski definition) is 2. The van der Waals surface area contributed by atoms with Gasteiger partial charge < -0.3 is 16.0 Å². The predicted molar refractivity (Wildman–Crippen MR) is 76.7 cm³/mol. The lowest BCUT2D eigenvalue weighted by molar-refractivity contribution is 0.0965. The van der Waals surface area contributed by atoms with Crippen LogP contribution in [0.25, 0.3) is 0 Å². The van der Waals surface area contributed by atoms with Crippen molar-refractivity contribution in [1.82, 2.24) is 5.32 Å². The van der Waals surface area contributed by atoms with E-state index in [4.69, 9.17) is 0 Å². The van der Waals surface area contributed by atoms with Crippen LogP contribution in [0.3, 0.4) is 0 Å². The Hall–Kier alpha value is -2.82. The van der Waals surface area contributed by atoms with Crippen molar-refractivity contribution in [3.63, 3.8) is 0 Å². The van der Waals surface area contributed by atoms with Crippen LogP contribution < -0.4 is 16.0 Å². The number of hydrogen-bond donors (Lipinski definition) is 3. The van der Waals surface area contributed by atoms with Gasteiger partial charge in [-0.25, -0.2) is 4.79 Å². The topological polar surface area (TPSA) is 70.2 Å². The second-order valence-corrected chi connectivity index (χ2v) is 4.50. The Kier molecular flexibility index (Phi) is 3.09. The van der Waals surface area contributed by atoms with Gasteiger partial charge in [-0.05, 0) is 29.8 Å². The van der Waals surface area contributed by atoms with Gasteiger partial charge in [-0.2, -0.15) is 0 Å². The highest BCUT2D eigenvalue weighted by Crippen LogP contribution is 2.20. The molecule has 0 unspecified atom stereocenters. The van der Waals surface area contributed by atoms with E-state index < -0.39 is 0 Å². The molecule has 20 heavy (non-hydrogen) atoms. The molecule has 5 nitrogen and oxygen atoms in total. The number of rotatable bonds is 2. The van der Waals surface area contributed by atoms with Gasteiger partial charge in [-0.15, -0.1) is 0 Å². The lowest BCUT2D eigenvalue weighted by atomic mass is 10.1. The van der Waals surface area contributed by atoms with Crippen molar-refractivity contribution in [3.8, 4) is 0 Å². The highest BCUT2D eigenvalue weighted by molar-refractivity contribution is 6.02. The molecule has 0 saturated carbocycles. The molecule has 2 aromatic carbocycles. The van der Waals surface area contributed by atoms with Crippen LogP contribution in [-0.2, 0) is 6.54 Å².